The molecule has 1 aliphatic rings. The van der Waals surface area contributed by atoms with Gasteiger partial charge in [0.05, 0.1) is 28.1 Å². The first-order valence-corrected chi connectivity index (χ1v) is 19.3. The van der Waals surface area contributed by atoms with Gasteiger partial charge in [0.2, 0.25) is 0 Å². The normalized spacial score (nSPS) is 13.2. The van der Waals surface area contributed by atoms with Crippen molar-refractivity contribution in [2.45, 2.75) is 32.9 Å². The Kier molecular flexibility index (Phi) is 7.01. The summed E-state index contributed by atoms with van der Waals surface area (Å²) in [6, 6.07) is 46.0. The van der Waals surface area contributed by atoms with E-state index >= 15 is 0 Å². The molecule has 3 heterocycles. The van der Waals surface area contributed by atoms with Crippen LogP contribution in [0.1, 0.15) is 25.3 Å². The summed E-state index contributed by atoms with van der Waals surface area (Å²) < 4.78 is 2.35. The lowest BCUT2D eigenvalue weighted by Crippen LogP contribution is -2.52. The fraction of sp³-hybridized carbons (Fsp3) is 0.146. The molecule has 0 unspecified atom stereocenters. The van der Waals surface area contributed by atoms with E-state index < -0.39 is 8.07 Å². The smallest absolute Gasteiger partial charge is 0.138 e. The summed E-state index contributed by atoms with van der Waals surface area (Å²) >= 11 is 0. The highest BCUT2D eigenvalue weighted by Crippen LogP contribution is 2.40. The molecule has 0 spiro atoms. The Labute approximate surface area is 277 Å². The van der Waals surface area contributed by atoms with Crippen molar-refractivity contribution in [1.29, 1.82) is 0 Å². The van der Waals surface area contributed by atoms with Gasteiger partial charge in [0.1, 0.15) is 13.9 Å². The molecule has 0 amide bonds. The minimum atomic E-state index is -2.15. The molecule has 0 aliphatic carbocycles. The highest BCUT2D eigenvalue weighted by molar-refractivity contribution is 7.00. The summed E-state index contributed by atoms with van der Waals surface area (Å²) in [4.78, 5) is 11.1. The van der Waals surface area contributed by atoms with Crippen LogP contribution in [0.3, 0.4) is 0 Å². The van der Waals surface area contributed by atoms with Gasteiger partial charge in [-0.3, -0.25) is 4.57 Å². The fourth-order valence-corrected chi connectivity index (χ4v) is 9.42. The quantitative estimate of drug-likeness (QED) is 0.172. The standard InChI is InChI=1S/C41H38N4OSi/c1-28(2)33-15-6-7-16-34(33)29-23-24-42-41(25-29)44-37-18-9-8-17-35(37)36-22-21-32(27-40(36)44)47(4,5)31-14-12-13-30(26-31)45-39-20-11-10-19-38(39)43(3)46-45/h6-28H,1-5H3. The average Bonchev–Trinajstić information content (AvgIpc) is 3.62. The van der Waals surface area contributed by atoms with E-state index in [1.807, 2.05) is 29.4 Å². The molecule has 8 rings (SSSR count). The van der Waals surface area contributed by atoms with E-state index in [9.17, 15) is 0 Å². The monoisotopic (exact) mass is 630 g/mol. The lowest BCUT2D eigenvalue weighted by atomic mass is 9.93. The second-order valence-electron chi connectivity index (χ2n) is 13.3. The van der Waals surface area contributed by atoms with E-state index in [1.165, 1.54) is 43.4 Å². The predicted octanol–water partition coefficient (Wildman–Crippen LogP) is 9.23. The van der Waals surface area contributed by atoms with Crippen LogP contribution in [-0.4, -0.2) is 24.7 Å². The van der Waals surface area contributed by atoms with Crippen LogP contribution >= 0.6 is 0 Å². The lowest BCUT2D eigenvalue weighted by molar-refractivity contribution is 0.142. The summed E-state index contributed by atoms with van der Waals surface area (Å²) in [6.07, 6.45) is 1.95. The van der Waals surface area contributed by atoms with Crippen molar-refractivity contribution < 1.29 is 4.94 Å². The number of hydrogen-bond donors (Lipinski definition) is 0. The number of aromatic nitrogens is 2. The Bertz CT molecular complexity index is 2290. The van der Waals surface area contributed by atoms with Gasteiger partial charge in [0.15, 0.2) is 0 Å². The Morgan fingerprint density at radius 3 is 2.23 bits per heavy atom. The third kappa shape index (κ3) is 4.83. The van der Waals surface area contributed by atoms with Crippen LogP contribution in [-0.2, 0) is 4.94 Å². The molecule has 47 heavy (non-hydrogen) atoms. The third-order valence-electron chi connectivity index (χ3n) is 9.71. The summed E-state index contributed by atoms with van der Waals surface area (Å²) in [6.45, 7) is 9.39. The number of fused-ring (bicyclic) bond motifs is 4. The van der Waals surface area contributed by atoms with Crippen molar-refractivity contribution in [2.24, 2.45) is 0 Å². The third-order valence-corrected chi connectivity index (χ3v) is 13.2. The molecule has 232 valence electrons. The zero-order valence-electron chi connectivity index (χ0n) is 27.5. The van der Waals surface area contributed by atoms with Crippen molar-refractivity contribution in [3.8, 4) is 16.9 Å². The summed E-state index contributed by atoms with van der Waals surface area (Å²) in [7, 11) is -0.202. The largest absolute Gasteiger partial charge is 0.294 e. The summed E-state index contributed by atoms with van der Waals surface area (Å²) in [5, 5.41) is 8.94. The lowest BCUT2D eigenvalue weighted by Gasteiger charge is -2.26. The Balaban J connectivity index is 1.25. The van der Waals surface area contributed by atoms with Crippen LogP contribution in [0.25, 0.3) is 38.8 Å². The van der Waals surface area contributed by atoms with Crippen molar-refractivity contribution >= 4 is 57.3 Å². The summed E-state index contributed by atoms with van der Waals surface area (Å²) in [5.41, 5.74) is 9.26. The number of hydroxylamine groups is 1. The second kappa shape index (κ2) is 11.3. The molecule has 0 bridgehead atoms. The molecule has 0 fully saturated rings. The molecule has 0 saturated heterocycles. The van der Waals surface area contributed by atoms with E-state index in [1.54, 1.807) is 0 Å². The number of anilines is 3. The van der Waals surface area contributed by atoms with Crippen molar-refractivity contribution in [3.63, 3.8) is 0 Å². The van der Waals surface area contributed by atoms with Gasteiger partial charge in [0.25, 0.3) is 0 Å². The van der Waals surface area contributed by atoms with Gasteiger partial charge < -0.3 is 0 Å². The Morgan fingerprint density at radius 2 is 1.38 bits per heavy atom. The highest BCUT2D eigenvalue weighted by atomic mass is 28.3. The Hall–Kier alpha value is -5.17. The van der Waals surface area contributed by atoms with Crippen LogP contribution in [0, 0.1) is 0 Å². The van der Waals surface area contributed by atoms with Crippen LogP contribution in [0.4, 0.5) is 17.1 Å². The van der Waals surface area contributed by atoms with Gasteiger partial charge in [-0.15, -0.1) is 4.94 Å². The zero-order chi connectivity index (χ0) is 32.3. The first kappa shape index (κ1) is 29.2. The van der Waals surface area contributed by atoms with Gasteiger partial charge in [-0.25, -0.2) is 10.0 Å². The molecule has 1 aliphatic heterocycles. The highest BCUT2D eigenvalue weighted by Gasteiger charge is 2.31. The summed E-state index contributed by atoms with van der Waals surface area (Å²) in [5.74, 6) is 1.36. The topological polar surface area (TPSA) is 33.5 Å². The molecular formula is C41H38N4OSi. The van der Waals surface area contributed by atoms with Crippen molar-refractivity contribution in [3.05, 3.63) is 139 Å². The second-order valence-corrected chi connectivity index (χ2v) is 17.7. The van der Waals surface area contributed by atoms with Crippen LogP contribution in [0.15, 0.2) is 134 Å². The van der Waals surface area contributed by atoms with Crippen LogP contribution in [0.5, 0.6) is 0 Å². The molecule has 5 aromatic carbocycles. The first-order chi connectivity index (χ1) is 22.8. The van der Waals surface area contributed by atoms with Gasteiger partial charge >= 0.3 is 0 Å². The molecule has 0 saturated carbocycles. The van der Waals surface area contributed by atoms with Crippen molar-refractivity contribution in [1.82, 2.24) is 9.55 Å². The maximum atomic E-state index is 6.18. The SMILES string of the molecule is CC(C)c1ccccc1-c1ccnc(-n2c3ccccc3c3ccc([Si](C)(C)c4cccc(N5ON(C)c6ccccc65)c4)cc32)c1. The van der Waals surface area contributed by atoms with Crippen LogP contribution < -0.4 is 20.5 Å². The minimum Gasteiger partial charge on any atom is -0.294 e. The molecule has 6 heteroatoms. The molecule has 2 aromatic heterocycles. The maximum Gasteiger partial charge on any atom is 0.138 e. The fourth-order valence-electron chi connectivity index (χ4n) is 7.06. The van der Waals surface area contributed by atoms with Gasteiger partial charge in [-0.1, -0.05) is 116 Å². The first-order valence-electron chi connectivity index (χ1n) is 16.3. The number of pyridine rings is 1. The molecular weight excluding hydrogens is 593 g/mol. The average molecular weight is 631 g/mol. The van der Waals surface area contributed by atoms with Gasteiger partial charge in [-0.2, -0.15) is 5.06 Å². The van der Waals surface area contributed by atoms with Crippen LogP contribution in [0.2, 0.25) is 13.1 Å². The molecule has 0 atom stereocenters. The number of benzene rings is 5. The van der Waals surface area contributed by atoms with Crippen molar-refractivity contribution in [2.75, 3.05) is 17.2 Å². The van der Waals surface area contributed by atoms with Gasteiger partial charge in [-0.05, 0) is 71.1 Å². The maximum absolute atomic E-state index is 6.18. The molecule has 0 radical (unpaired) electrons. The predicted molar refractivity (Wildman–Crippen MR) is 199 cm³/mol. The van der Waals surface area contributed by atoms with E-state index in [0.717, 1.165) is 28.4 Å². The molecule has 5 nitrogen and oxygen atoms in total. The molecule has 0 N–H and O–H groups in total. The van der Waals surface area contributed by atoms with E-state index in [4.69, 9.17) is 9.92 Å². The minimum absolute atomic E-state index is 0.428. The number of nitrogens with zero attached hydrogens (tertiary/aromatic N) is 4. The van der Waals surface area contributed by atoms with Gasteiger partial charge in [0, 0.05) is 24.0 Å². The zero-order valence-corrected chi connectivity index (χ0v) is 28.5. The van der Waals surface area contributed by atoms with E-state index in [2.05, 4.69) is 153 Å². The number of rotatable bonds is 6. The van der Waals surface area contributed by atoms with E-state index in [-0.39, 0.29) is 0 Å². The number of para-hydroxylation sites is 3. The number of hydrogen-bond acceptors (Lipinski definition) is 4. The molecule has 7 aromatic rings. The Morgan fingerprint density at radius 1 is 0.660 bits per heavy atom. The van der Waals surface area contributed by atoms with E-state index in [0.29, 0.717) is 5.92 Å².